The number of primary amides is 1. The van der Waals surface area contributed by atoms with Gasteiger partial charge in [-0.2, -0.15) is 5.10 Å². The van der Waals surface area contributed by atoms with Crippen LogP contribution in [0, 0.1) is 13.8 Å². The van der Waals surface area contributed by atoms with E-state index in [0.29, 0.717) is 42.4 Å². The van der Waals surface area contributed by atoms with Crippen molar-refractivity contribution < 1.29 is 14.3 Å². The number of carbonyl (C=O) groups excluding carboxylic acids is 2. The first-order valence-corrected chi connectivity index (χ1v) is 10.6. The predicted molar refractivity (Wildman–Crippen MR) is 122 cm³/mol. The summed E-state index contributed by atoms with van der Waals surface area (Å²) in [5, 5.41) is 7.54. The molecule has 3 aromatic rings. The summed E-state index contributed by atoms with van der Waals surface area (Å²) < 4.78 is 6.92. The molecular formula is C24H27N5O3. The molecule has 1 aliphatic rings. The molecule has 32 heavy (non-hydrogen) atoms. The van der Waals surface area contributed by atoms with Crippen molar-refractivity contribution in [2.75, 3.05) is 18.9 Å². The molecule has 1 saturated heterocycles. The molecule has 2 heterocycles. The summed E-state index contributed by atoms with van der Waals surface area (Å²) >= 11 is 0. The van der Waals surface area contributed by atoms with Crippen molar-refractivity contribution in [1.82, 2.24) is 15.1 Å². The Hall–Kier alpha value is -3.65. The van der Waals surface area contributed by atoms with E-state index >= 15 is 0 Å². The van der Waals surface area contributed by atoms with Gasteiger partial charge in [-0.3, -0.25) is 9.59 Å². The lowest BCUT2D eigenvalue weighted by molar-refractivity contribution is 0.0948. The number of rotatable bonds is 6. The molecule has 1 unspecified atom stereocenters. The van der Waals surface area contributed by atoms with Crippen LogP contribution in [0.1, 0.15) is 55.6 Å². The number of nitrogens with two attached hydrogens (primary N) is 2. The minimum absolute atomic E-state index is 0.0499. The minimum atomic E-state index is -0.634. The van der Waals surface area contributed by atoms with Crippen molar-refractivity contribution in [3.63, 3.8) is 0 Å². The van der Waals surface area contributed by atoms with E-state index in [1.807, 2.05) is 56.3 Å². The Morgan fingerprint density at radius 1 is 1.19 bits per heavy atom. The molecule has 0 aliphatic carbocycles. The van der Waals surface area contributed by atoms with Gasteiger partial charge in [-0.15, -0.1) is 0 Å². The smallest absolute Gasteiger partial charge is 0.269 e. The molecular weight excluding hydrogens is 406 g/mol. The van der Waals surface area contributed by atoms with Crippen molar-refractivity contribution in [3.05, 3.63) is 76.1 Å². The van der Waals surface area contributed by atoms with E-state index in [1.54, 1.807) is 0 Å². The maximum Gasteiger partial charge on any atom is 0.269 e. The number of amides is 2. The second-order valence-corrected chi connectivity index (χ2v) is 8.15. The molecule has 4 rings (SSSR count). The minimum Gasteiger partial charge on any atom is -0.395 e. The second-order valence-electron chi connectivity index (χ2n) is 8.15. The number of aromatic nitrogens is 2. The largest absolute Gasteiger partial charge is 0.395 e. The van der Waals surface area contributed by atoms with E-state index in [2.05, 4.69) is 10.4 Å². The van der Waals surface area contributed by atoms with Crippen LogP contribution < -0.4 is 16.8 Å². The van der Waals surface area contributed by atoms with Crippen LogP contribution >= 0.6 is 0 Å². The monoisotopic (exact) mass is 433 g/mol. The van der Waals surface area contributed by atoms with E-state index < -0.39 is 5.91 Å². The maximum atomic E-state index is 12.6. The molecule has 1 atom stereocenters. The first kappa shape index (κ1) is 21.6. The Labute approximate surface area is 186 Å². The molecule has 1 aromatic heterocycles. The number of anilines is 1. The number of aryl methyl sites for hydroxylation is 2. The van der Waals surface area contributed by atoms with Crippen molar-refractivity contribution in [2.45, 2.75) is 32.7 Å². The summed E-state index contributed by atoms with van der Waals surface area (Å²) in [7, 11) is 0. The standard InChI is InChI=1S/C24H27N5O3/c1-14-3-4-15(2)19(11-14)24(31)27-12-16-5-7-18(8-6-16)29-22(23(26)30)20(25)21(28-29)17-9-10-32-13-17/h3-8,11,17H,9-10,12-13,25H2,1-2H3,(H2,26,30)(H,27,31). The molecule has 2 amide bonds. The van der Waals surface area contributed by atoms with Crippen LogP contribution in [0.25, 0.3) is 5.69 Å². The Bertz CT molecular complexity index is 1160. The van der Waals surface area contributed by atoms with Crippen LogP contribution in [-0.4, -0.2) is 34.8 Å². The molecule has 1 aliphatic heterocycles. The fourth-order valence-electron chi connectivity index (χ4n) is 3.94. The van der Waals surface area contributed by atoms with E-state index in [0.717, 1.165) is 23.1 Å². The van der Waals surface area contributed by atoms with Crippen molar-refractivity contribution >= 4 is 17.5 Å². The van der Waals surface area contributed by atoms with Crippen molar-refractivity contribution in [2.24, 2.45) is 5.73 Å². The Balaban J connectivity index is 1.52. The van der Waals surface area contributed by atoms with Gasteiger partial charge in [-0.1, -0.05) is 29.8 Å². The Kier molecular flexibility index (Phi) is 5.96. The SMILES string of the molecule is Cc1ccc(C)c(C(=O)NCc2ccc(-n3nc(C4CCOC4)c(N)c3C(N)=O)cc2)c1. The van der Waals surface area contributed by atoms with E-state index in [-0.39, 0.29) is 17.5 Å². The number of nitrogens with one attached hydrogen (secondary N) is 1. The van der Waals surface area contributed by atoms with Gasteiger partial charge in [0, 0.05) is 24.6 Å². The molecule has 8 nitrogen and oxygen atoms in total. The van der Waals surface area contributed by atoms with Gasteiger partial charge in [0.2, 0.25) is 0 Å². The second kappa shape index (κ2) is 8.84. The maximum absolute atomic E-state index is 12.6. The van der Waals surface area contributed by atoms with Gasteiger partial charge in [0.1, 0.15) is 0 Å². The molecule has 0 saturated carbocycles. The van der Waals surface area contributed by atoms with Gasteiger partial charge in [0.15, 0.2) is 5.69 Å². The zero-order valence-corrected chi connectivity index (χ0v) is 18.2. The van der Waals surface area contributed by atoms with E-state index in [9.17, 15) is 9.59 Å². The highest BCUT2D eigenvalue weighted by Crippen LogP contribution is 2.32. The Morgan fingerprint density at radius 2 is 1.94 bits per heavy atom. The predicted octanol–water partition coefficient (Wildman–Crippen LogP) is 2.60. The average Bonchev–Trinajstić information content (AvgIpc) is 3.42. The summed E-state index contributed by atoms with van der Waals surface area (Å²) in [4.78, 5) is 24.6. The number of benzene rings is 2. The van der Waals surface area contributed by atoms with Gasteiger partial charge in [0.05, 0.1) is 23.7 Å². The molecule has 5 N–H and O–H groups in total. The lowest BCUT2D eigenvalue weighted by Crippen LogP contribution is -2.23. The number of ether oxygens (including phenoxy) is 1. The highest BCUT2D eigenvalue weighted by atomic mass is 16.5. The fourth-order valence-corrected chi connectivity index (χ4v) is 3.94. The lowest BCUT2D eigenvalue weighted by Gasteiger charge is -2.10. The summed E-state index contributed by atoms with van der Waals surface area (Å²) in [6.45, 7) is 5.43. The molecule has 0 spiro atoms. The van der Waals surface area contributed by atoms with Gasteiger partial charge in [-0.05, 0) is 49.6 Å². The molecule has 2 aromatic carbocycles. The summed E-state index contributed by atoms with van der Waals surface area (Å²) in [5.74, 6) is -0.700. The van der Waals surface area contributed by atoms with E-state index in [1.165, 1.54) is 4.68 Å². The summed E-state index contributed by atoms with van der Waals surface area (Å²) in [6.07, 6.45) is 0.804. The Morgan fingerprint density at radius 3 is 2.59 bits per heavy atom. The fraction of sp³-hybridized carbons (Fsp3) is 0.292. The molecule has 166 valence electrons. The number of nitrogen functional groups attached to an aromatic ring is 1. The van der Waals surface area contributed by atoms with Crippen LogP contribution in [0.4, 0.5) is 5.69 Å². The van der Waals surface area contributed by atoms with Crippen LogP contribution in [0.3, 0.4) is 0 Å². The summed E-state index contributed by atoms with van der Waals surface area (Å²) in [6, 6.07) is 13.2. The zero-order valence-electron chi connectivity index (χ0n) is 18.2. The first-order valence-electron chi connectivity index (χ1n) is 10.6. The number of nitrogens with zero attached hydrogens (tertiary/aromatic N) is 2. The zero-order chi connectivity index (χ0) is 22.8. The van der Waals surface area contributed by atoms with Crippen LogP contribution in [0.15, 0.2) is 42.5 Å². The van der Waals surface area contributed by atoms with Crippen LogP contribution in [-0.2, 0) is 11.3 Å². The van der Waals surface area contributed by atoms with Gasteiger partial charge < -0.3 is 21.5 Å². The van der Waals surface area contributed by atoms with Gasteiger partial charge in [-0.25, -0.2) is 4.68 Å². The highest BCUT2D eigenvalue weighted by molar-refractivity contribution is 5.97. The van der Waals surface area contributed by atoms with Crippen molar-refractivity contribution in [1.29, 1.82) is 0 Å². The number of hydrogen-bond acceptors (Lipinski definition) is 5. The quantitative estimate of drug-likeness (QED) is 0.551. The molecule has 8 heteroatoms. The van der Waals surface area contributed by atoms with E-state index in [4.69, 9.17) is 16.2 Å². The normalized spacial score (nSPS) is 15.6. The number of hydrogen-bond donors (Lipinski definition) is 3. The number of carbonyl (C=O) groups is 2. The lowest BCUT2D eigenvalue weighted by atomic mass is 10.0. The van der Waals surface area contributed by atoms with Crippen LogP contribution in [0.5, 0.6) is 0 Å². The third kappa shape index (κ3) is 4.22. The molecule has 0 radical (unpaired) electrons. The van der Waals surface area contributed by atoms with Crippen molar-refractivity contribution in [3.8, 4) is 5.69 Å². The molecule has 0 bridgehead atoms. The average molecular weight is 434 g/mol. The third-order valence-electron chi connectivity index (χ3n) is 5.77. The van der Waals surface area contributed by atoms with Gasteiger partial charge in [0.25, 0.3) is 11.8 Å². The summed E-state index contributed by atoms with van der Waals surface area (Å²) in [5.41, 5.74) is 17.2. The molecule has 1 fully saturated rings. The van der Waals surface area contributed by atoms with Crippen LogP contribution in [0.2, 0.25) is 0 Å². The third-order valence-corrected chi connectivity index (χ3v) is 5.77. The highest BCUT2D eigenvalue weighted by Gasteiger charge is 2.28. The van der Waals surface area contributed by atoms with Gasteiger partial charge >= 0.3 is 0 Å². The topological polar surface area (TPSA) is 125 Å². The first-order chi connectivity index (χ1) is 15.3.